The monoisotopic (exact) mass is 439 g/mol. The molecule has 1 atom stereocenters. The number of rotatable bonds is 9. The van der Waals surface area contributed by atoms with Crippen LogP contribution in [0.1, 0.15) is 41.5 Å². The number of nitrogens with one attached hydrogen (secondary N) is 1. The molecule has 0 heterocycles. The molecule has 1 rings (SSSR count). The normalized spacial score (nSPS) is 13.9. The van der Waals surface area contributed by atoms with Crippen LogP contribution in [-0.4, -0.2) is 45.7 Å². The molecule has 1 amide bonds. The lowest BCUT2D eigenvalue weighted by atomic mass is 10.2. The first-order valence-electron chi connectivity index (χ1n) is 9.98. The third-order valence-corrected chi connectivity index (χ3v) is 9.20. The number of amides is 1. The van der Waals surface area contributed by atoms with Crippen LogP contribution in [-0.2, 0) is 14.0 Å². The molecule has 0 aromatic heterocycles. The predicted molar refractivity (Wildman–Crippen MR) is 122 cm³/mol. The van der Waals surface area contributed by atoms with E-state index in [0.29, 0.717) is 18.0 Å². The fraction of sp³-hybridized carbons (Fsp3) is 0.619. The standard InChI is InChI=1S/C21H37N3O5Si/c1-20(2,3)28-19(25)24-15-23-16-9-11-17(12-10-16)26-13-18(29-22)14-27-30(7,8)21(4,5)6/h9-12,15,18H,13-14,22H2,1-8H3,(H,23,24,25). The highest BCUT2D eigenvalue weighted by Crippen LogP contribution is 2.36. The lowest BCUT2D eigenvalue weighted by Crippen LogP contribution is -2.44. The van der Waals surface area contributed by atoms with E-state index in [9.17, 15) is 4.79 Å². The van der Waals surface area contributed by atoms with Gasteiger partial charge < -0.3 is 13.9 Å². The zero-order valence-electron chi connectivity index (χ0n) is 19.4. The van der Waals surface area contributed by atoms with Gasteiger partial charge in [-0.3, -0.25) is 10.2 Å². The molecule has 0 radical (unpaired) electrons. The summed E-state index contributed by atoms with van der Waals surface area (Å²) < 4.78 is 17.0. The van der Waals surface area contributed by atoms with E-state index in [1.165, 1.54) is 6.34 Å². The second-order valence-electron chi connectivity index (χ2n) is 9.54. The van der Waals surface area contributed by atoms with Gasteiger partial charge in [-0.05, 0) is 63.2 Å². The van der Waals surface area contributed by atoms with Gasteiger partial charge in [0.2, 0.25) is 0 Å². The van der Waals surface area contributed by atoms with Gasteiger partial charge in [-0.25, -0.2) is 15.7 Å². The zero-order valence-corrected chi connectivity index (χ0v) is 20.4. The van der Waals surface area contributed by atoms with Gasteiger partial charge in [0.1, 0.15) is 24.1 Å². The van der Waals surface area contributed by atoms with Gasteiger partial charge in [0.15, 0.2) is 8.32 Å². The molecule has 0 aliphatic rings. The number of hydrogen-bond donors (Lipinski definition) is 2. The van der Waals surface area contributed by atoms with E-state index in [4.69, 9.17) is 24.6 Å². The molecule has 0 bridgehead atoms. The summed E-state index contributed by atoms with van der Waals surface area (Å²) in [7, 11) is -1.88. The Bertz CT molecular complexity index is 694. The second kappa shape index (κ2) is 10.9. The lowest BCUT2D eigenvalue weighted by molar-refractivity contribution is -0.0115. The number of carbonyl (C=O) groups is 1. The Morgan fingerprint density at radius 2 is 1.73 bits per heavy atom. The van der Waals surface area contributed by atoms with Crippen molar-refractivity contribution in [1.82, 2.24) is 5.32 Å². The fourth-order valence-corrected chi connectivity index (χ4v) is 2.96. The van der Waals surface area contributed by atoms with E-state index in [-0.39, 0.29) is 17.7 Å². The minimum absolute atomic E-state index is 0.113. The Balaban J connectivity index is 2.49. The van der Waals surface area contributed by atoms with Gasteiger partial charge in [0.25, 0.3) is 0 Å². The lowest BCUT2D eigenvalue weighted by Gasteiger charge is -2.37. The summed E-state index contributed by atoms with van der Waals surface area (Å²) in [6, 6.07) is 7.10. The number of aliphatic imine (C=N–C) groups is 1. The van der Waals surface area contributed by atoms with Crippen molar-refractivity contribution in [2.45, 2.75) is 71.4 Å². The molecule has 170 valence electrons. The van der Waals surface area contributed by atoms with Crippen molar-refractivity contribution in [2.24, 2.45) is 10.9 Å². The maximum Gasteiger partial charge on any atom is 0.412 e. The summed E-state index contributed by atoms with van der Waals surface area (Å²) in [6.07, 6.45) is 0.370. The third kappa shape index (κ3) is 9.71. The summed E-state index contributed by atoms with van der Waals surface area (Å²) in [5.41, 5.74) is 0.101. The van der Waals surface area contributed by atoms with Gasteiger partial charge in [-0.2, -0.15) is 0 Å². The summed E-state index contributed by atoms with van der Waals surface area (Å²) in [6.45, 7) is 16.9. The van der Waals surface area contributed by atoms with E-state index in [1.54, 1.807) is 45.0 Å². The van der Waals surface area contributed by atoms with Gasteiger partial charge in [-0.1, -0.05) is 20.8 Å². The summed E-state index contributed by atoms with van der Waals surface area (Å²) in [5, 5.41) is 2.57. The topological polar surface area (TPSA) is 104 Å². The van der Waals surface area contributed by atoms with Crippen LogP contribution in [0.4, 0.5) is 10.5 Å². The highest BCUT2D eigenvalue weighted by atomic mass is 28.4. The maximum absolute atomic E-state index is 11.6. The van der Waals surface area contributed by atoms with Crippen LogP contribution in [0.25, 0.3) is 0 Å². The number of hydrogen-bond acceptors (Lipinski definition) is 7. The Labute approximate surface area is 181 Å². The van der Waals surface area contributed by atoms with Crippen molar-refractivity contribution in [3.8, 4) is 5.75 Å². The molecule has 3 N–H and O–H groups in total. The quantitative estimate of drug-likeness (QED) is 0.253. The number of nitrogens with zero attached hydrogens (tertiary/aromatic N) is 1. The van der Waals surface area contributed by atoms with E-state index >= 15 is 0 Å². The molecule has 1 unspecified atom stereocenters. The van der Waals surface area contributed by atoms with Crippen LogP contribution in [0.3, 0.4) is 0 Å². The number of ether oxygens (including phenoxy) is 2. The molecule has 9 heteroatoms. The summed E-state index contributed by atoms with van der Waals surface area (Å²) in [5.74, 6) is 6.06. The molecule has 1 aromatic rings. The Kier molecular flexibility index (Phi) is 9.48. The molecule has 0 spiro atoms. The average Bonchev–Trinajstić information content (AvgIpc) is 2.60. The van der Waals surface area contributed by atoms with E-state index < -0.39 is 20.0 Å². The molecular formula is C21H37N3O5Si. The Morgan fingerprint density at radius 3 is 2.23 bits per heavy atom. The minimum Gasteiger partial charge on any atom is -0.491 e. The van der Waals surface area contributed by atoms with E-state index in [0.717, 1.165) is 0 Å². The predicted octanol–water partition coefficient (Wildman–Crippen LogP) is 4.53. The molecule has 0 saturated heterocycles. The molecule has 0 fully saturated rings. The minimum atomic E-state index is -1.88. The van der Waals surface area contributed by atoms with Crippen LogP contribution in [0, 0.1) is 0 Å². The van der Waals surface area contributed by atoms with Crippen molar-refractivity contribution in [2.75, 3.05) is 13.2 Å². The van der Waals surface area contributed by atoms with Crippen LogP contribution in [0.15, 0.2) is 29.3 Å². The summed E-state index contributed by atoms with van der Waals surface area (Å²) in [4.78, 5) is 20.7. The van der Waals surface area contributed by atoms with Crippen LogP contribution in [0.2, 0.25) is 18.1 Å². The average molecular weight is 440 g/mol. The van der Waals surface area contributed by atoms with Crippen LogP contribution < -0.4 is 16.0 Å². The van der Waals surface area contributed by atoms with Crippen molar-refractivity contribution in [1.29, 1.82) is 0 Å². The fourth-order valence-electron chi connectivity index (χ4n) is 1.93. The van der Waals surface area contributed by atoms with Gasteiger partial charge in [0, 0.05) is 0 Å². The maximum atomic E-state index is 11.6. The van der Waals surface area contributed by atoms with Crippen molar-refractivity contribution in [3.05, 3.63) is 24.3 Å². The van der Waals surface area contributed by atoms with Crippen molar-refractivity contribution >= 4 is 26.4 Å². The second-order valence-corrected chi connectivity index (χ2v) is 14.3. The Morgan fingerprint density at radius 1 is 1.13 bits per heavy atom. The molecule has 0 aliphatic carbocycles. The SMILES string of the molecule is CC(C)(C)OC(=O)NC=Nc1ccc(OCC(CO[Si](C)(C)C(C)(C)C)ON)cc1. The highest BCUT2D eigenvalue weighted by Gasteiger charge is 2.37. The Hall–Kier alpha value is -1.94. The largest absolute Gasteiger partial charge is 0.491 e. The molecule has 0 saturated carbocycles. The third-order valence-electron chi connectivity index (χ3n) is 4.70. The van der Waals surface area contributed by atoms with E-state index in [1.807, 2.05) is 0 Å². The molecular weight excluding hydrogens is 402 g/mol. The zero-order chi connectivity index (χ0) is 23.0. The molecule has 1 aromatic carbocycles. The molecule has 30 heavy (non-hydrogen) atoms. The first-order valence-corrected chi connectivity index (χ1v) is 12.9. The highest BCUT2D eigenvalue weighted by molar-refractivity contribution is 6.74. The van der Waals surface area contributed by atoms with E-state index in [2.05, 4.69) is 44.2 Å². The number of alkyl carbamates (subject to hydrolysis) is 1. The first kappa shape index (κ1) is 26.1. The molecule has 0 aliphatic heterocycles. The van der Waals surface area contributed by atoms with Crippen LogP contribution in [0.5, 0.6) is 5.75 Å². The molecule has 8 nitrogen and oxygen atoms in total. The first-order chi connectivity index (χ1) is 13.7. The van der Waals surface area contributed by atoms with Crippen LogP contribution >= 0.6 is 0 Å². The van der Waals surface area contributed by atoms with Gasteiger partial charge in [-0.15, -0.1) is 0 Å². The summed E-state index contributed by atoms with van der Waals surface area (Å²) >= 11 is 0. The number of benzene rings is 1. The van der Waals surface area contributed by atoms with Crippen molar-refractivity contribution in [3.63, 3.8) is 0 Å². The number of nitrogens with two attached hydrogens (primary N) is 1. The van der Waals surface area contributed by atoms with Gasteiger partial charge >= 0.3 is 6.09 Å². The van der Waals surface area contributed by atoms with Crippen molar-refractivity contribution < 1.29 is 23.5 Å². The smallest absolute Gasteiger partial charge is 0.412 e. The number of carbonyl (C=O) groups excluding carboxylic acids is 1. The van der Waals surface area contributed by atoms with Gasteiger partial charge in [0.05, 0.1) is 18.6 Å².